The molecule has 0 bridgehead atoms. The maximum atomic E-state index is 5.35. The van der Waals surface area contributed by atoms with E-state index in [0.29, 0.717) is 6.04 Å². The summed E-state index contributed by atoms with van der Waals surface area (Å²) in [5, 5.41) is 4.44. The fraction of sp³-hybridized carbons (Fsp3) is 0.357. The van der Waals surface area contributed by atoms with Crippen molar-refractivity contribution < 1.29 is 4.74 Å². The van der Waals surface area contributed by atoms with Crippen LogP contribution < -0.4 is 10.1 Å². The van der Waals surface area contributed by atoms with Crippen molar-refractivity contribution in [1.82, 2.24) is 4.98 Å². The first-order chi connectivity index (χ1) is 8.11. The van der Waals surface area contributed by atoms with Gasteiger partial charge in [-0.3, -0.25) is 0 Å². The molecule has 0 radical (unpaired) electrons. The molecule has 0 amide bonds. The van der Waals surface area contributed by atoms with Crippen LogP contribution in [0.3, 0.4) is 0 Å². The van der Waals surface area contributed by atoms with Crippen LogP contribution in [0.4, 0.5) is 5.82 Å². The topological polar surface area (TPSA) is 34.1 Å². The number of anilines is 1. The van der Waals surface area contributed by atoms with Gasteiger partial charge in [0.15, 0.2) is 0 Å². The van der Waals surface area contributed by atoms with Gasteiger partial charge in [0.25, 0.3) is 0 Å². The predicted octanol–water partition coefficient (Wildman–Crippen LogP) is 3.37. The second-order valence-corrected chi connectivity index (χ2v) is 4.48. The van der Waals surface area contributed by atoms with Gasteiger partial charge in [-0.2, -0.15) is 0 Å². The SMILES string of the molecule is COc1ccc(C)c2ccc(NC(C)C)nc12. The van der Waals surface area contributed by atoms with Gasteiger partial charge in [0.1, 0.15) is 17.1 Å². The van der Waals surface area contributed by atoms with Crippen LogP contribution in [0.1, 0.15) is 19.4 Å². The molecule has 2 aromatic rings. The predicted molar refractivity (Wildman–Crippen MR) is 71.8 cm³/mol. The fourth-order valence-electron chi connectivity index (χ4n) is 1.88. The largest absolute Gasteiger partial charge is 0.494 e. The molecule has 0 aliphatic heterocycles. The van der Waals surface area contributed by atoms with Crippen molar-refractivity contribution in [2.24, 2.45) is 0 Å². The molecule has 0 saturated carbocycles. The van der Waals surface area contributed by atoms with E-state index in [9.17, 15) is 0 Å². The Balaban J connectivity index is 2.58. The lowest BCUT2D eigenvalue weighted by atomic mass is 10.1. The summed E-state index contributed by atoms with van der Waals surface area (Å²) in [6, 6.07) is 8.48. The molecule has 90 valence electrons. The second kappa shape index (κ2) is 4.62. The molecule has 3 heteroatoms. The molecule has 0 spiro atoms. The van der Waals surface area contributed by atoms with Crippen molar-refractivity contribution >= 4 is 16.7 Å². The minimum atomic E-state index is 0.371. The number of hydrogen-bond donors (Lipinski definition) is 1. The molecule has 2 rings (SSSR count). The zero-order valence-electron chi connectivity index (χ0n) is 10.7. The first-order valence-corrected chi connectivity index (χ1v) is 5.82. The molecule has 0 unspecified atom stereocenters. The Morgan fingerprint density at radius 3 is 2.59 bits per heavy atom. The maximum absolute atomic E-state index is 5.35. The van der Waals surface area contributed by atoms with E-state index in [4.69, 9.17) is 4.74 Å². The molecule has 17 heavy (non-hydrogen) atoms. The van der Waals surface area contributed by atoms with Crippen molar-refractivity contribution in [2.45, 2.75) is 26.8 Å². The number of ether oxygens (including phenoxy) is 1. The molecule has 0 fully saturated rings. The zero-order valence-corrected chi connectivity index (χ0v) is 10.7. The first kappa shape index (κ1) is 11.7. The molecular formula is C14H18N2O. The van der Waals surface area contributed by atoms with E-state index < -0.39 is 0 Å². The molecule has 1 aromatic heterocycles. The number of fused-ring (bicyclic) bond motifs is 1. The van der Waals surface area contributed by atoms with Gasteiger partial charge in [-0.15, -0.1) is 0 Å². The van der Waals surface area contributed by atoms with Crippen molar-refractivity contribution in [3.05, 3.63) is 29.8 Å². The number of nitrogens with zero attached hydrogens (tertiary/aromatic N) is 1. The molecule has 1 heterocycles. The third-order valence-corrected chi connectivity index (χ3v) is 2.69. The Kier molecular flexibility index (Phi) is 3.18. The normalized spacial score (nSPS) is 10.9. The Morgan fingerprint density at radius 1 is 1.18 bits per heavy atom. The van der Waals surface area contributed by atoms with Gasteiger partial charge in [0.2, 0.25) is 0 Å². The lowest BCUT2D eigenvalue weighted by Crippen LogP contribution is -2.10. The van der Waals surface area contributed by atoms with Crippen LogP contribution in [0.25, 0.3) is 10.9 Å². The molecule has 0 aliphatic rings. The highest BCUT2D eigenvalue weighted by Crippen LogP contribution is 2.27. The van der Waals surface area contributed by atoms with Gasteiger partial charge in [0.05, 0.1) is 7.11 Å². The van der Waals surface area contributed by atoms with Gasteiger partial charge in [0, 0.05) is 11.4 Å². The van der Waals surface area contributed by atoms with Crippen LogP contribution in [0.15, 0.2) is 24.3 Å². The average Bonchev–Trinajstić information content (AvgIpc) is 2.29. The number of methoxy groups -OCH3 is 1. The van der Waals surface area contributed by atoms with Gasteiger partial charge in [-0.05, 0) is 44.5 Å². The molecule has 0 saturated heterocycles. The van der Waals surface area contributed by atoms with Gasteiger partial charge < -0.3 is 10.1 Å². The number of nitrogens with one attached hydrogen (secondary N) is 1. The van der Waals surface area contributed by atoms with E-state index in [1.807, 2.05) is 12.1 Å². The van der Waals surface area contributed by atoms with E-state index in [1.54, 1.807) is 7.11 Å². The average molecular weight is 230 g/mol. The summed E-state index contributed by atoms with van der Waals surface area (Å²) < 4.78 is 5.35. The van der Waals surface area contributed by atoms with E-state index in [2.05, 4.69) is 43.2 Å². The van der Waals surface area contributed by atoms with E-state index in [-0.39, 0.29) is 0 Å². The van der Waals surface area contributed by atoms with Crippen molar-refractivity contribution in [3.8, 4) is 5.75 Å². The minimum Gasteiger partial charge on any atom is -0.494 e. The smallest absolute Gasteiger partial charge is 0.145 e. The Bertz CT molecular complexity index is 535. The number of pyridine rings is 1. The van der Waals surface area contributed by atoms with Crippen molar-refractivity contribution in [3.63, 3.8) is 0 Å². The maximum Gasteiger partial charge on any atom is 0.145 e. The summed E-state index contributed by atoms with van der Waals surface area (Å²) in [7, 11) is 1.67. The second-order valence-electron chi connectivity index (χ2n) is 4.48. The summed E-state index contributed by atoms with van der Waals surface area (Å²) in [6.07, 6.45) is 0. The number of rotatable bonds is 3. The first-order valence-electron chi connectivity index (χ1n) is 5.82. The highest BCUT2D eigenvalue weighted by Gasteiger charge is 2.07. The van der Waals surface area contributed by atoms with E-state index in [0.717, 1.165) is 22.5 Å². The number of aromatic nitrogens is 1. The van der Waals surface area contributed by atoms with Gasteiger partial charge in [-0.1, -0.05) is 6.07 Å². The third-order valence-electron chi connectivity index (χ3n) is 2.69. The fourth-order valence-corrected chi connectivity index (χ4v) is 1.88. The zero-order chi connectivity index (χ0) is 12.4. The van der Waals surface area contributed by atoms with Gasteiger partial charge in [-0.25, -0.2) is 4.98 Å². The lowest BCUT2D eigenvalue weighted by Gasteiger charge is -2.12. The third kappa shape index (κ3) is 2.33. The Morgan fingerprint density at radius 2 is 1.94 bits per heavy atom. The summed E-state index contributed by atoms with van der Waals surface area (Å²) >= 11 is 0. The highest BCUT2D eigenvalue weighted by atomic mass is 16.5. The molecule has 1 N–H and O–H groups in total. The van der Waals surface area contributed by atoms with Crippen molar-refractivity contribution in [1.29, 1.82) is 0 Å². The Labute approximate surface area is 102 Å². The molecule has 0 atom stereocenters. The van der Waals surface area contributed by atoms with Crippen LogP contribution in [0, 0.1) is 6.92 Å². The monoisotopic (exact) mass is 230 g/mol. The van der Waals surface area contributed by atoms with E-state index >= 15 is 0 Å². The minimum absolute atomic E-state index is 0.371. The molecule has 0 aliphatic carbocycles. The van der Waals surface area contributed by atoms with Crippen LogP contribution in [-0.2, 0) is 0 Å². The quantitative estimate of drug-likeness (QED) is 0.877. The lowest BCUT2D eigenvalue weighted by molar-refractivity contribution is 0.419. The standard InChI is InChI=1S/C14H18N2O/c1-9(2)15-13-8-6-11-10(3)5-7-12(17-4)14(11)16-13/h5-9H,1-4H3,(H,15,16). The van der Waals surface area contributed by atoms with Crippen LogP contribution >= 0.6 is 0 Å². The Hall–Kier alpha value is -1.77. The summed E-state index contributed by atoms with van der Waals surface area (Å²) in [5.41, 5.74) is 2.13. The summed E-state index contributed by atoms with van der Waals surface area (Å²) in [4.78, 5) is 4.61. The van der Waals surface area contributed by atoms with Gasteiger partial charge >= 0.3 is 0 Å². The highest BCUT2D eigenvalue weighted by molar-refractivity contribution is 5.88. The number of hydrogen-bond acceptors (Lipinski definition) is 3. The van der Waals surface area contributed by atoms with Crippen LogP contribution in [-0.4, -0.2) is 18.1 Å². The summed E-state index contributed by atoms with van der Waals surface area (Å²) in [5.74, 6) is 1.70. The van der Waals surface area contributed by atoms with E-state index in [1.165, 1.54) is 5.56 Å². The van der Waals surface area contributed by atoms with Crippen molar-refractivity contribution in [2.75, 3.05) is 12.4 Å². The number of benzene rings is 1. The number of aryl methyl sites for hydroxylation is 1. The molecule has 1 aromatic carbocycles. The molecular weight excluding hydrogens is 212 g/mol. The van der Waals surface area contributed by atoms with Crippen LogP contribution in [0.5, 0.6) is 5.75 Å². The summed E-state index contributed by atoms with van der Waals surface area (Å²) in [6.45, 7) is 6.28. The molecule has 3 nitrogen and oxygen atoms in total. The van der Waals surface area contributed by atoms with Crippen LogP contribution in [0.2, 0.25) is 0 Å².